The molecular formula is C16H16FN3S. The van der Waals surface area contributed by atoms with E-state index in [-0.39, 0.29) is 5.82 Å². The van der Waals surface area contributed by atoms with Gasteiger partial charge in [-0.1, -0.05) is 6.92 Å². The van der Waals surface area contributed by atoms with Crippen molar-refractivity contribution in [2.75, 3.05) is 12.4 Å². The lowest BCUT2D eigenvalue weighted by molar-refractivity contribution is 0.618. The summed E-state index contributed by atoms with van der Waals surface area (Å²) < 4.78 is 13.4. The van der Waals surface area contributed by atoms with Crippen LogP contribution >= 0.6 is 11.3 Å². The number of nitrogens with zero attached hydrogens (tertiary/aromatic N) is 2. The number of thiophene rings is 1. The number of benzene rings is 1. The second kappa shape index (κ2) is 5.41. The van der Waals surface area contributed by atoms with Gasteiger partial charge in [0, 0.05) is 17.5 Å². The molecule has 0 aliphatic carbocycles. The summed E-state index contributed by atoms with van der Waals surface area (Å²) in [5, 5.41) is 4.17. The lowest BCUT2D eigenvalue weighted by atomic mass is 10.1. The molecule has 1 aromatic carbocycles. The first-order valence-corrected chi connectivity index (χ1v) is 7.68. The Balaban J connectivity index is 2.20. The number of anilines is 1. The minimum atomic E-state index is -0.210. The summed E-state index contributed by atoms with van der Waals surface area (Å²) in [4.78, 5) is 11.5. The fourth-order valence-electron chi connectivity index (χ4n) is 2.25. The van der Waals surface area contributed by atoms with Crippen molar-refractivity contribution in [2.45, 2.75) is 20.3 Å². The highest BCUT2D eigenvalue weighted by Crippen LogP contribution is 2.31. The summed E-state index contributed by atoms with van der Waals surface area (Å²) in [6.45, 7) is 3.87. The molecule has 0 bridgehead atoms. The highest BCUT2D eigenvalue weighted by Gasteiger charge is 2.12. The maximum absolute atomic E-state index is 13.4. The van der Waals surface area contributed by atoms with Crippen LogP contribution in [0.2, 0.25) is 0 Å². The molecule has 0 aliphatic rings. The Morgan fingerprint density at radius 1 is 1.24 bits per heavy atom. The van der Waals surface area contributed by atoms with Gasteiger partial charge in [0.2, 0.25) is 0 Å². The quantitative estimate of drug-likeness (QED) is 0.778. The molecule has 0 saturated carbocycles. The SMILES string of the molecule is CCc1cc2c(NC)nc(-c3ccc(F)c(C)c3)nc2s1. The maximum Gasteiger partial charge on any atom is 0.163 e. The average Bonchev–Trinajstić information content (AvgIpc) is 2.92. The molecule has 2 aromatic heterocycles. The zero-order chi connectivity index (χ0) is 15.0. The number of nitrogens with one attached hydrogen (secondary N) is 1. The predicted molar refractivity (Wildman–Crippen MR) is 86.5 cm³/mol. The van der Waals surface area contributed by atoms with E-state index >= 15 is 0 Å². The largest absolute Gasteiger partial charge is 0.372 e. The van der Waals surface area contributed by atoms with Gasteiger partial charge in [0.15, 0.2) is 5.82 Å². The van der Waals surface area contributed by atoms with Crippen LogP contribution in [0, 0.1) is 12.7 Å². The van der Waals surface area contributed by atoms with Crippen molar-refractivity contribution in [3.63, 3.8) is 0 Å². The maximum atomic E-state index is 13.4. The van der Waals surface area contributed by atoms with Gasteiger partial charge in [-0.3, -0.25) is 0 Å². The molecule has 0 amide bonds. The van der Waals surface area contributed by atoms with Crippen LogP contribution in [0.4, 0.5) is 10.2 Å². The molecule has 108 valence electrons. The van der Waals surface area contributed by atoms with E-state index < -0.39 is 0 Å². The van der Waals surface area contributed by atoms with E-state index in [0.29, 0.717) is 11.4 Å². The molecule has 0 radical (unpaired) electrons. The summed E-state index contributed by atoms with van der Waals surface area (Å²) in [6.07, 6.45) is 0.981. The number of aromatic nitrogens is 2. The van der Waals surface area contributed by atoms with Crippen LogP contribution in [-0.2, 0) is 6.42 Å². The minimum absolute atomic E-state index is 0.210. The van der Waals surface area contributed by atoms with E-state index in [0.717, 1.165) is 28.0 Å². The molecular weight excluding hydrogens is 285 g/mol. The highest BCUT2D eigenvalue weighted by atomic mass is 32.1. The van der Waals surface area contributed by atoms with E-state index in [2.05, 4.69) is 28.3 Å². The molecule has 3 aromatic rings. The number of hydrogen-bond donors (Lipinski definition) is 1. The minimum Gasteiger partial charge on any atom is -0.372 e. The van der Waals surface area contributed by atoms with E-state index in [1.165, 1.54) is 10.9 Å². The third-order valence-electron chi connectivity index (χ3n) is 3.45. The zero-order valence-corrected chi connectivity index (χ0v) is 13.0. The molecule has 0 atom stereocenters. The molecule has 3 rings (SSSR count). The first-order valence-electron chi connectivity index (χ1n) is 6.87. The first-order chi connectivity index (χ1) is 10.1. The zero-order valence-electron chi connectivity index (χ0n) is 12.2. The molecule has 0 spiro atoms. The standard InChI is InChI=1S/C16H16FN3S/c1-4-11-8-12-15(18-3)19-14(20-16(12)21-11)10-5-6-13(17)9(2)7-10/h5-8H,4H2,1-3H3,(H,18,19,20). The molecule has 21 heavy (non-hydrogen) atoms. The fourth-order valence-corrected chi connectivity index (χ4v) is 3.22. The predicted octanol–water partition coefficient (Wildman–Crippen LogP) is 4.41. The molecule has 3 nitrogen and oxygen atoms in total. The van der Waals surface area contributed by atoms with Gasteiger partial charge in [-0.15, -0.1) is 11.3 Å². The van der Waals surface area contributed by atoms with Crippen LogP contribution in [0.15, 0.2) is 24.3 Å². The van der Waals surface area contributed by atoms with Crippen molar-refractivity contribution in [1.82, 2.24) is 9.97 Å². The van der Waals surface area contributed by atoms with Crippen LogP contribution in [0.5, 0.6) is 0 Å². The summed E-state index contributed by atoms with van der Waals surface area (Å²) in [5.41, 5.74) is 1.43. The lowest BCUT2D eigenvalue weighted by Crippen LogP contribution is -1.97. The summed E-state index contributed by atoms with van der Waals surface area (Å²) in [6, 6.07) is 7.09. The van der Waals surface area contributed by atoms with Gasteiger partial charge >= 0.3 is 0 Å². The van der Waals surface area contributed by atoms with Crippen LogP contribution in [0.25, 0.3) is 21.6 Å². The van der Waals surface area contributed by atoms with Gasteiger partial charge in [-0.05, 0) is 43.2 Å². The van der Waals surface area contributed by atoms with E-state index in [1.807, 2.05) is 7.05 Å². The lowest BCUT2D eigenvalue weighted by Gasteiger charge is -2.06. The smallest absolute Gasteiger partial charge is 0.163 e. The molecule has 5 heteroatoms. The third kappa shape index (κ3) is 2.49. The normalized spacial score (nSPS) is 11.0. The summed E-state index contributed by atoms with van der Waals surface area (Å²) >= 11 is 1.68. The van der Waals surface area contributed by atoms with Crippen molar-refractivity contribution in [3.8, 4) is 11.4 Å². The number of halogens is 1. The second-order valence-electron chi connectivity index (χ2n) is 4.89. The van der Waals surface area contributed by atoms with Crippen molar-refractivity contribution in [2.24, 2.45) is 0 Å². The van der Waals surface area contributed by atoms with Gasteiger partial charge in [-0.25, -0.2) is 14.4 Å². The molecule has 0 fully saturated rings. The Morgan fingerprint density at radius 2 is 2.05 bits per heavy atom. The van der Waals surface area contributed by atoms with Crippen LogP contribution in [0.3, 0.4) is 0 Å². The summed E-state index contributed by atoms with van der Waals surface area (Å²) in [7, 11) is 1.85. The number of fused-ring (bicyclic) bond motifs is 1. The molecule has 1 N–H and O–H groups in total. The van der Waals surface area contributed by atoms with E-state index in [4.69, 9.17) is 0 Å². The monoisotopic (exact) mass is 301 g/mol. The van der Waals surface area contributed by atoms with Crippen molar-refractivity contribution < 1.29 is 4.39 Å². The molecule has 0 unspecified atom stereocenters. The van der Waals surface area contributed by atoms with Crippen LogP contribution in [0.1, 0.15) is 17.4 Å². The van der Waals surface area contributed by atoms with Gasteiger partial charge in [0.25, 0.3) is 0 Å². The van der Waals surface area contributed by atoms with E-state index in [9.17, 15) is 4.39 Å². The molecule has 0 aliphatic heterocycles. The molecule has 2 heterocycles. The Labute approximate surface area is 126 Å². The number of rotatable bonds is 3. The van der Waals surface area contributed by atoms with Gasteiger partial charge in [0.05, 0.1) is 5.39 Å². The van der Waals surface area contributed by atoms with Gasteiger partial charge < -0.3 is 5.32 Å². The van der Waals surface area contributed by atoms with Crippen LogP contribution < -0.4 is 5.32 Å². The Morgan fingerprint density at radius 3 is 2.71 bits per heavy atom. The Kier molecular flexibility index (Phi) is 3.59. The molecule has 0 saturated heterocycles. The van der Waals surface area contributed by atoms with Crippen molar-refractivity contribution >= 4 is 27.4 Å². The fraction of sp³-hybridized carbons (Fsp3) is 0.250. The second-order valence-corrected chi connectivity index (χ2v) is 6.01. The van der Waals surface area contributed by atoms with Crippen molar-refractivity contribution in [1.29, 1.82) is 0 Å². The van der Waals surface area contributed by atoms with Gasteiger partial charge in [-0.2, -0.15) is 0 Å². The number of hydrogen-bond acceptors (Lipinski definition) is 4. The summed E-state index contributed by atoms with van der Waals surface area (Å²) in [5.74, 6) is 1.23. The Hall–Kier alpha value is -2.01. The van der Waals surface area contributed by atoms with Gasteiger partial charge in [0.1, 0.15) is 16.5 Å². The van der Waals surface area contributed by atoms with E-state index in [1.54, 1.807) is 30.4 Å². The Bertz CT molecular complexity index is 811. The van der Waals surface area contributed by atoms with Crippen LogP contribution in [-0.4, -0.2) is 17.0 Å². The average molecular weight is 301 g/mol. The third-order valence-corrected chi connectivity index (χ3v) is 4.62. The first kappa shape index (κ1) is 13.9. The number of aryl methyl sites for hydroxylation is 2. The highest BCUT2D eigenvalue weighted by molar-refractivity contribution is 7.18. The topological polar surface area (TPSA) is 37.8 Å². The van der Waals surface area contributed by atoms with Crippen molar-refractivity contribution in [3.05, 3.63) is 40.5 Å².